The van der Waals surface area contributed by atoms with Crippen LogP contribution in [0.1, 0.15) is 18.6 Å². The summed E-state index contributed by atoms with van der Waals surface area (Å²) < 4.78 is 4.87. The van der Waals surface area contributed by atoms with Crippen molar-refractivity contribution in [2.75, 3.05) is 4.90 Å². The lowest BCUT2D eigenvalue weighted by Gasteiger charge is -2.13. The van der Waals surface area contributed by atoms with Gasteiger partial charge in [0.1, 0.15) is 5.69 Å². The van der Waals surface area contributed by atoms with E-state index in [9.17, 15) is 4.79 Å². The van der Waals surface area contributed by atoms with E-state index in [2.05, 4.69) is 5.16 Å². The molecule has 0 aromatic carbocycles. The molecular formula is C8H10N2O2. The normalized spacial score (nSPS) is 16.1. The van der Waals surface area contributed by atoms with Gasteiger partial charge in [-0.2, -0.15) is 0 Å². The quantitative estimate of drug-likeness (QED) is 0.632. The van der Waals surface area contributed by atoms with Gasteiger partial charge in [0.25, 0.3) is 0 Å². The molecule has 1 saturated carbocycles. The van der Waals surface area contributed by atoms with Crippen molar-refractivity contribution < 1.29 is 9.32 Å². The standard InChI is InChI=1S/C8H10N2O2/c1-6-8(4-9-12-6)10(5-11)7-2-3-7/h4-5,7H,2-3H2,1H3. The molecule has 1 aliphatic carbocycles. The van der Waals surface area contributed by atoms with Crippen molar-refractivity contribution in [2.24, 2.45) is 0 Å². The van der Waals surface area contributed by atoms with Gasteiger partial charge in [0.2, 0.25) is 6.41 Å². The van der Waals surface area contributed by atoms with E-state index < -0.39 is 0 Å². The molecule has 1 aliphatic rings. The minimum absolute atomic E-state index is 0.376. The topological polar surface area (TPSA) is 46.3 Å². The lowest BCUT2D eigenvalue weighted by molar-refractivity contribution is -0.107. The molecule has 0 saturated heterocycles. The first-order valence-electron chi connectivity index (χ1n) is 3.98. The number of rotatable bonds is 3. The largest absolute Gasteiger partial charge is 0.359 e. The Hall–Kier alpha value is -1.32. The van der Waals surface area contributed by atoms with Crippen LogP contribution in [0.25, 0.3) is 0 Å². The SMILES string of the molecule is Cc1oncc1N(C=O)C1CC1. The molecule has 1 fully saturated rings. The first-order valence-corrected chi connectivity index (χ1v) is 3.98. The van der Waals surface area contributed by atoms with E-state index in [1.807, 2.05) is 0 Å². The summed E-state index contributed by atoms with van der Waals surface area (Å²) in [5, 5.41) is 3.63. The molecule has 0 N–H and O–H groups in total. The lowest BCUT2D eigenvalue weighted by Crippen LogP contribution is -2.23. The van der Waals surface area contributed by atoms with Gasteiger partial charge in [0.05, 0.1) is 6.20 Å². The van der Waals surface area contributed by atoms with E-state index >= 15 is 0 Å². The highest BCUT2D eigenvalue weighted by Gasteiger charge is 2.30. The van der Waals surface area contributed by atoms with Crippen LogP contribution in [-0.4, -0.2) is 17.6 Å². The fourth-order valence-electron chi connectivity index (χ4n) is 1.23. The van der Waals surface area contributed by atoms with Crippen LogP contribution in [0.4, 0.5) is 5.69 Å². The molecule has 1 aromatic rings. The highest BCUT2D eigenvalue weighted by molar-refractivity contribution is 5.77. The second-order valence-corrected chi connectivity index (χ2v) is 3.01. The zero-order valence-corrected chi connectivity index (χ0v) is 6.86. The molecule has 64 valence electrons. The maximum atomic E-state index is 10.7. The van der Waals surface area contributed by atoms with Gasteiger partial charge in [-0.05, 0) is 19.8 Å². The smallest absolute Gasteiger partial charge is 0.214 e. The van der Waals surface area contributed by atoms with E-state index in [0.29, 0.717) is 11.8 Å². The minimum atomic E-state index is 0.376. The molecule has 1 amide bonds. The van der Waals surface area contributed by atoms with Crippen molar-refractivity contribution in [3.8, 4) is 0 Å². The van der Waals surface area contributed by atoms with Crippen molar-refractivity contribution in [1.29, 1.82) is 0 Å². The van der Waals surface area contributed by atoms with Crippen LogP contribution in [0.5, 0.6) is 0 Å². The Kier molecular flexibility index (Phi) is 1.60. The van der Waals surface area contributed by atoms with Crippen molar-refractivity contribution in [3.05, 3.63) is 12.0 Å². The molecule has 0 spiro atoms. The summed E-state index contributed by atoms with van der Waals surface area (Å²) in [6, 6.07) is 0.376. The summed E-state index contributed by atoms with van der Waals surface area (Å²) in [7, 11) is 0. The number of hydrogen-bond acceptors (Lipinski definition) is 3. The van der Waals surface area contributed by atoms with Crippen LogP contribution in [0.15, 0.2) is 10.7 Å². The summed E-state index contributed by atoms with van der Waals surface area (Å²) in [6.45, 7) is 1.81. The van der Waals surface area contributed by atoms with Crippen molar-refractivity contribution in [3.63, 3.8) is 0 Å². The van der Waals surface area contributed by atoms with E-state index in [0.717, 1.165) is 24.9 Å². The average Bonchev–Trinajstić information content (AvgIpc) is 2.80. The second kappa shape index (κ2) is 2.62. The first-order chi connectivity index (χ1) is 5.83. The Morgan fingerprint density at radius 1 is 1.75 bits per heavy atom. The van der Waals surface area contributed by atoms with Crippen LogP contribution in [0.2, 0.25) is 0 Å². The fourth-order valence-corrected chi connectivity index (χ4v) is 1.23. The molecular weight excluding hydrogens is 156 g/mol. The number of carbonyl (C=O) groups is 1. The number of carbonyl (C=O) groups excluding carboxylic acids is 1. The van der Waals surface area contributed by atoms with Crippen molar-refractivity contribution in [2.45, 2.75) is 25.8 Å². The fraction of sp³-hybridized carbons (Fsp3) is 0.500. The molecule has 0 radical (unpaired) electrons. The van der Waals surface area contributed by atoms with Crippen LogP contribution >= 0.6 is 0 Å². The predicted molar refractivity (Wildman–Crippen MR) is 42.8 cm³/mol. The van der Waals surface area contributed by atoms with Gasteiger partial charge in [0.15, 0.2) is 5.76 Å². The van der Waals surface area contributed by atoms with Gasteiger partial charge in [-0.3, -0.25) is 4.79 Å². The van der Waals surface area contributed by atoms with Crippen LogP contribution in [0.3, 0.4) is 0 Å². The number of anilines is 1. The molecule has 0 aliphatic heterocycles. The summed E-state index contributed by atoms with van der Waals surface area (Å²) in [6.07, 6.45) is 4.60. The zero-order chi connectivity index (χ0) is 8.55. The average molecular weight is 166 g/mol. The molecule has 4 heteroatoms. The molecule has 0 bridgehead atoms. The van der Waals surface area contributed by atoms with E-state index in [1.54, 1.807) is 18.0 Å². The predicted octanol–water partition coefficient (Wildman–Crippen LogP) is 1.11. The van der Waals surface area contributed by atoms with E-state index in [1.165, 1.54) is 0 Å². The number of aryl methyl sites for hydroxylation is 1. The second-order valence-electron chi connectivity index (χ2n) is 3.01. The Balaban J connectivity index is 2.26. The van der Waals surface area contributed by atoms with Gasteiger partial charge in [0, 0.05) is 6.04 Å². The molecule has 0 unspecified atom stereocenters. The molecule has 2 rings (SSSR count). The third-order valence-electron chi connectivity index (χ3n) is 2.06. The third-order valence-corrected chi connectivity index (χ3v) is 2.06. The first kappa shape index (κ1) is 7.34. The highest BCUT2D eigenvalue weighted by atomic mass is 16.5. The Labute approximate surface area is 70.1 Å². The highest BCUT2D eigenvalue weighted by Crippen LogP contribution is 2.31. The number of aromatic nitrogens is 1. The maximum absolute atomic E-state index is 10.7. The lowest BCUT2D eigenvalue weighted by atomic mass is 10.4. The monoisotopic (exact) mass is 166 g/mol. The van der Waals surface area contributed by atoms with Gasteiger partial charge in [-0.25, -0.2) is 0 Å². The summed E-state index contributed by atoms with van der Waals surface area (Å²) >= 11 is 0. The molecule has 4 nitrogen and oxygen atoms in total. The summed E-state index contributed by atoms with van der Waals surface area (Å²) in [5.41, 5.74) is 0.799. The van der Waals surface area contributed by atoms with Gasteiger partial charge >= 0.3 is 0 Å². The molecule has 1 heterocycles. The Morgan fingerprint density at radius 2 is 2.50 bits per heavy atom. The van der Waals surface area contributed by atoms with Gasteiger partial charge in [-0.15, -0.1) is 0 Å². The van der Waals surface area contributed by atoms with Crippen LogP contribution in [0, 0.1) is 6.92 Å². The van der Waals surface area contributed by atoms with Gasteiger partial charge in [-0.1, -0.05) is 5.16 Å². The third kappa shape index (κ3) is 1.09. The Morgan fingerprint density at radius 3 is 2.92 bits per heavy atom. The molecule has 0 atom stereocenters. The Bertz CT molecular complexity index is 291. The van der Waals surface area contributed by atoms with Crippen molar-refractivity contribution >= 4 is 12.1 Å². The van der Waals surface area contributed by atoms with Crippen molar-refractivity contribution in [1.82, 2.24) is 5.16 Å². The van der Waals surface area contributed by atoms with E-state index in [4.69, 9.17) is 4.52 Å². The number of nitrogens with zero attached hydrogens (tertiary/aromatic N) is 2. The minimum Gasteiger partial charge on any atom is -0.359 e. The van der Waals surface area contributed by atoms with E-state index in [-0.39, 0.29) is 0 Å². The summed E-state index contributed by atoms with van der Waals surface area (Å²) in [5.74, 6) is 0.703. The summed E-state index contributed by atoms with van der Waals surface area (Å²) in [4.78, 5) is 12.4. The number of amides is 1. The zero-order valence-electron chi connectivity index (χ0n) is 6.86. The van der Waals surface area contributed by atoms with Crippen LogP contribution < -0.4 is 4.90 Å². The van der Waals surface area contributed by atoms with Gasteiger partial charge < -0.3 is 9.42 Å². The maximum Gasteiger partial charge on any atom is 0.214 e. The van der Waals surface area contributed by atoms with Crippen LogP contribution in [-0.2, 0) is 4.79 Å². The molecule has 1 aromatic heterocycles. The number of hydrogen-bond donors (Lipinski definition) is 0. The molecule has 12 heavy (non-hydrogen) atoms.